The number of nitrogens with zero attached hydrogens (tertiary/aromatic N) is 1. The Morgan fingerprint density at radius 2 is 1.86 bits per heavy atom. The Kier molecular flexibility index (Phi) is 3.18. The average molecular weight is 300 g/mol. The van der Waals surface area contributed by atoms with Gasteiger partial charge in [0.05, 0.1) is 5.92 Å². The molecule has 0 bridgehead atoms. The highest BCUT2D eigenvalue weighted by atomic mass is 19.1. The highest BCUT2D eigenvalue weighted by Crippen LogP contribution is 2.43. The van der Waals surface area contributed by atoms with E-state index in [0.717, 1.165) is 12.1 Å². The third kappa shape index (κ3) is 2.13. The van der Waals surface area contributed by atoms with Gasteiger partial charge in [-0.3, -0.25) is 0 Å². The Morgan fingerprint density at radius 1 is 1.14 bits per heavy atom. The highest BCUT2D eigenvalue weighted by Gasteiger charge is 2.32. The van der Waals surface area contributed by atoms with Crippen molar-refractivity contribution in [2.24, 2.45) is 5.73 Å². The summed E-state index contributed by atoms with van der Waals surface area (Å²) in [4.78, 5) is 0. The maximum atomic E-state index is 14.1. The zero-order valence-electron chi connectivity index (χ0n) is 11.2. The van der Waals surface area contributed by atoms with E-state index >= 15 is 0 Å². The van der Waals surface area contributed by atoms with E-state index in [-0.39, 0.29) is 28.5 Å². The monoisotopic (exact) mass is 300 g/mol. The quantitative estimate of drug-likeness (QED) is 0.848. The number of hydrogen-bond acceptors (Lipinski definition) is 4. The molecule has 0 amide bonds. The summed E-state index contributed by atoms with van der Waals surface area (Å²) in [6.07, 6.45) is 0. The van der Waals surface area contributed by atoms with E-state index in [4.69, 9.17) is 10.5 Å². The van der Waals surface area contributed by atoms with Crippen LogP contribution in [0, 0.1) is 23.0 Å². The normalized spacial score (nSPS) is 16.7. The van der Waals surface area contributed by atoms with Gasteiger partial charge in [-0.1, -0.05) is 12.1 Å². The van der Waals surface area contributed by atoms with Crippen molar-refractivity contribution >= 4 is 0 Å². The first-order valence-electron chi connectivity index (χ1n) is 6.36. The second-order valence-electron chi connectivity index (χ2n) is 4.81. The molecule has 3 N–H and O–H groups in total. The molecule has 1 heterocycles. The van der Waals surface area contributed by atoms with Crippen molar-refractivity contribution in [3.8, 4) is 17.6 Å². The van der Waals surface area contributed by atoms with Gasteiger partial charge in [0, 0.05) is 23.3 Å². The average Bonchev–Trinajstić information content (AvgIpc) is 2.46. The van der Waals surface area contributed by atoms with Crippen LogP contribution in [0.5, 0.6) is 11.5 Å². The topological polar surface area (TPSA) is 79.3 Å². The summed E-state index contributed by atoms with van der Waals surface area (Å²) in [5, 5.41) is 18.8. The third-order valence-corrected chi connectivity index (χ3v) is 3.48. The fraction of sp³-hybridized carbons (Fsp3) is 0.0625. The minimum absolute atomic E-state index is 0.0312. The predicted molar refractivity (Wildman–Crippen MR) is 73.8 cm³/mol. The van der Waals surface area contributed by atoms with Crippen LogP contribution in [0.15, 0.2) is 47.9 Å². The lowest BCUT2D eigenvalue weighted by molar-refractivity contribution is 0.387. The van der Waals surface area contributed by atoms with Gasteiger partial charge in [-0.2, -0.15) is 5.26 Å². The van der Waals surface area contributed by atoms with Crippen molar-refractivity contribution < 1.29 is 18.6 Å². The molecular weight excluding hydrogens is 290 g/mol. The molecule has 4 nitrogen and oxygen atoms in total. The van der Waals surface area contributed by atoms with Gasteiger partial charge in [0.15, 0.2) is 0 Å². The molecule has 0 aliphatic carbocycles. The maximum absolute atomic E-state index is 14.1. The van der Waals surface area contributed by atoms with Gasteiger partial charge in [0.25, 0.3) is 0 Å². The van der Waals surface area contributed by atoms with Crippen LogP contribution < -0.4 is 10.5 Å². The number of fused-ring (bicyclic) bond motifs is 1. The fourth-order valence-corrected chi connectivity index (χ4v) is 2.50. The second kappa shape index (κ2) is 5.04. The van der Waals surface area contributed by atoms with Crippen LogP contribution in [-0.2, 0) is 0 Å². The number of phenolic OH excluding ortho intramolecular Hbond substituents is 1. The van der Waals surface area contributed by atoms with Crippen molar-refractivity contribution in [2.45, 2.75) is 5.92 Å². The molecule has 0 spiro atoms. The van der Waals surface area contributed by atoms with Gasteiger partial charge in [-0.15, -0.1) is 0 Å². The van der Waals surface area contributed by atoms with E-state index in [0.29, 0.717) is 5.56 Å². The molecule has 0 radical (unpaired) electrons. The molecule has 2 aromatic rings. The van der Waals surface area contributed by atoms with Crippen molar-refractivity contribution in [2.75, 3.05) is 0 Å². The highest BCUT2D eigenvalue weighted by molar-refractivity contribution is 5.57. The van der Waals surface area contributed by atoms with Crippen LogP contribution >= 0.6 is 0 Å². The summed E-state index contributed by atoms with van der Waals surface area (Å²) in [6.45, 7) is 0. The van der Waals surface area contributed by atoms with Crippen molar-refractivity contribution in [3.05, 3.63) is 70.6 Å². The minimum Gasteiger partial charge on any atom is -0.508 e. The number of halogens is 2. The molecule has 6 heteroatoms. The second-order valence-corrected chi connectivity index (χ2v) is 4.81. The number of aromatic hydroxyl groups is 1. The lowest BCUT2D eigenvalue weighted by Crippen LogP contribution is -2.21. The van der Waals surface area contributed by atoms with Crippen LogP contribution in [0.4, 0.5) is 8.78 Å². The van der Waals surface area contributed by atoms with Crippen molar-refractivity contribution in [1.29, 1.82) is 5.26 Å². The molecular formula is C16H10F2N2O2. The number of nitriles is 1. The molecule has 110 valence electrons. The maximum Gasteiger partial charge on any atom is 0.205 e. The predicted octanol–water partition coefficient (Wildman–Crippen LogP) is 2.89. The molecule has 1 aliphatic heterocycles. The molecule has 22 heavy (non-hydrogen) atoms. The third-order valence-electron chi connectivity index (χ3n) is 3.48. The number of hydrogen-bond donors (Lipinski definition) is 2. The Balaban J connectivity index is 2.26. The van der Waals surface area contributed by atoms with Gasteiger partial charge >= 0.3 is 0 Å². The summed E-state index contributed by atoms with van der Waals surface area (Å²) in [7, 11) is 0. The Bertz CT molecular complexity index is 841. The summed E-state index contributed by atoms with van der Waals surface area (Å²) >= 11 is 0. The molecule has 1 aliphatic rings. The largest absolute Gasteiger partial charge is 0.508 e. The van der Waals surface area contributed by atoms with Crippen molar-refractivity contribution in [1.82, 2.24) is 0 Å². The van der Waals surface area contributed by atoms with E-state index in [1.54, 1.807) is 0 Å². The number of phenols is 1. The van der Waals surface area contributed by atoms with Gasteiger partial charge in [-0.05, 0) is 12.1 Å². The Hall–Kier alpha value is -3.07. The standard InChI is InChI=1S/C16H10F2N2O2/c17-8-1-3-10(13(18)5-8)15-11-4-2-9(21)6-14(11)22-16(20)12(15)7-19/h1-6,15,21H,20H2/t15-/m1/s1. The van der Waals surface area contributed by atoms with Gasteiger partial charge in [-0.25, -0.2) is 8.78 Å². The van der Waals surface area contributed by atoms with Crippen molar-refractivity contribution in [3.63, 3.8) is 0 Å². The zero-order valence-corrected chi connectivity index (χ0v) is 11.2. The Morgan fingerprint density at radius 3 is 2.55 bits per heavy atom. The van der Waals surface area contributed by atoms with Crippen LogP contribution in [0.2, 0.25) is 0 Å². The van der Waals surface area contributed by atoms with E-state index in [1.165, 1.54) is 24.3 Å². The van der Waals surface area contributed by atoms with E-state index < -0.39 is 17.6 Å². The summed E-state index contributed by atoms with van der Waals surface area (Å²) in [5.41, 5.74) is 6.32. The molecule has 0 unspecified atom stereocenters. The lowest BCUT2D eigenvalue weighted by atomic mass is 9.83. The summed E-state index contributed by atoms with van der Waals surface area (Å²) < 4.78 is 32.6. The van der Waals surface area contributed by atoms with Crippen LogP contribution in [-0.4, -0.2) is 5.11 Å². The smallest absolute Gasteiger partial charge is 0.205 e. The van der Waals surface area contributed by atoms with Crippen LogP contribution in [0.3, 0.4) is 0 Å². The van der Waals surface area contributed by atoms with Crippen LogP contribution in [0.25, 0.3) is 0 Å². The molecule has 0 saturated heterocycles. The van der Waals surface area contributed by atoms with Gasteiger partial charge in [0.1, 0.15) is 34.8 Å². The molecule has 0 fully saturated rings. The summed E-state index contributed by atoms with van der Waals surface area (Å²) in [6, 6.07) is 9.26. The number of ether oxygens (including phenoxy) is 1. The number of nitrogens with two attached hydrogens (primary N) is 1. The first-order chi connectivity index (χ1) is 10.5. The van der Waals surface area contributed by atoms with E-state index in [9.17, 15) is 19.1 Å². The lowest BCUT2D eigenvalue weighted by Gasteiger charge is -2.26. The van der Waals surface area contributed by atoms with E-state index in [2.05, 4.69) is 0 Å². The van der Waals surface area contributed by atoms with Gasteiger partial charge < -0.3 is 15.6 Å². The molecule has 3 rings (SSSR count). The summed E-state index contributed by atoms with van der Waals surface area (Å²) in [5.74, 6) is -2.32. The first kappa shape index (κ1) is 13.9. The molecule has 2 aromatic carbocycles. The SMILES string of the molecule is N#CC1=C(N)Oc2cc(O)ccc2[C@H]1c1ccc(F)cc1F. The van der Waals surface area contributed by atoms with E-state index in [1.807, 2.05) is 6.07 Å². The van der Waals surface area contributed by atoms with Crippen LogP contribution in [0.1, 0.15) is 17.0 Å². The minimum atomic E-state index is -0.824. The Labute approximate surface area is 124 Å². The zero-order chi connectivity index (χ0) is 15.9. The first-order valence-corrected chi connectivity index (χ1v) is 6.36. The molecule has 0 aromatic heterocycles. The van der Waals surface area contributed by atoms with Gasteiger partial charge in [0.2, 0.25) is 5.88 Å². The molecule has 0 saturated carbocycles. The number of allylic oxidation sites excluding steroid dienone is 1. The number of rotatable bonds is 1. The fourth-order valence-electron chi connectivity index (χ4n) is 2.50. The molecule has 1 atom stereocenters. The number of benzene rings is 2.